The number of carbonyl (C=O) groups is 1. The Morgan fingerprint density at radius 1 is 1.40 bits per heavy atom. The molecule has 20 heavy (non-hydrogen) atoms. The van der Waals surface area contributed by atoms with E-state index in [9.17, 15) is 4.79 Å². The Hall–Kier alpha value is -0.590. The molecule has 0 aromatic carbocycles. The summed E-state index contributed by atoms with van der Waals surface area (Å²) < 4.78 is 4.15. The summed E-state index contributed by atoms with van der Waals surface area (Å²) in [5.41, 5.74) is 0.775. The molecule has 0 aliphatic heterocycles. The highest BCUT2D eigenvalue weighted by Gasteiger charge is 2.28. The van der Waals surface area contributed by atoms with Crippen molar-refractivity contribution >= 4 is 49.1 Å². The highest BCUT2D eigenvalue weighted by Crippen LogP contribution is 2.37. The number of carbonyl (C=O) groups excluding carboxylic acids is 1. The fraction of sp³-hybridized carbons (Fsp3) is 0.357. The van der Waals surface area contributed by atoms with Crippen LogP contribution in [0.3, 0.4) is 0 Å². The molecular weight excluding hydrogens is 404 g/mol. The van der Waals surface area contributed by atoms with E-state index in [1.54, 1.807) is 16.2 Å². The van der Waals surface area contributed by atoms with E-state index >= 15 is 0 Å². The average Bonchev–Trinajstić information content (AvgIpc) is 3.07. The lowest BCUT2D eigenvalue weighted by atomic mass is 10.3. The summed E-state index contributed by atoms with van der Waals surface area (Å²) >= 11 is 8.58. The topological polar surface area (TPSA) is 25.2 Å². The van der Waals surface area contributed by atoms with Gasteiger partial charge in [0.15, 0.2) is 0 Å². The standard InChI is InChI=1S/C14H14Br2N2OS/c1-17(7-12-4-10(16)8-20-12)14(19)13-5-9(15)6-18(13)11-2-3-11/h4-6,8,11H,2-3,7H2,1H3. The Bertz CT molecular complexity index is 645. The van der Waals surface area contributed by atoms with Crippen LogP contribution in [-0.4, -0.2) is 22.4 Å². The number of hydrogen-bond donors (Lipinski definition) is 0. The summed E-state index contributed by atoms with van der Waals surface area (Å²) in [5, 5.41) is 2.04. The van der Waals surface area contributed by atoms with E-state index in [0.29, 0.717) is 12.6 Å². The van der Waals surface area contributed by atoms with Gasteiger partial charge in [-0.05, 0) is 56.8 Å². The van der Waals surface area contributed by atoms with Gasteiger partial charge in [-0.2, -0.15) is 0 Å². The van der Waals surface area contributed by atoms with Gasteiger partial charge in [-0.25, -0.2) is 0 Å². The molecule has 6 heteroatoms. The summed E-state index contributed by atoms with van der Waals surface area (Å²) in [6.07, 6.45) is 4.35. The van der Waals surface area contributed by atoms with Gasteiger partial charge in [0.25, 0.3) is 5.91 Å². The molecular formula is C14H14Br2N2OS. The minimum Gasteiger partial charge on any atom is -0.339 e. The van der Waals surface area contributed by atoms with Crippen LogP contribution in [-0.2, 0) is 6.54 Å². The number of aromatic nitrogens is 1. The molecule has 3 rings (SSSR count). The van der Waals surface area contributed by atoms with Crippen LogP contribution in [0.25, 0.3) is 0 Å². The van der Waals surface area contributed by atoms with Gasteiger partial charge in [0.2, 0.25) is 0 Å². The van der Waals surface area contributed by atoms with Crippen molar-refractivity contribution in [3.63, 3.8) is 0 Å². The largest absolute Gasteiger partial charge is 0.339 e. The molecule has 2 heterocycles. The third kappa shape index (κ3) is 3.02. The summed E-state index contributed by atoms with van der Waals surface area (Å²) in [6, 6.07) is 4.48. The van der Waals surface area contributed by atoms with Crippen LogP contribution in [0.2, 0.25) is 0 Å². The number of hydrogen-bond acceptors (Lipinski definition) is 2. The lowest BCUT2D eigenvalue weighted by Gasteiger charge is -2.17. The molecule has 1 amide bonds. The molecule has 1 aliphatic rings. The first kappa shape index (κ1) is 14.4. The van der Waals surface area contributed by atoms with Crippen LogP contribution in [0, 0.1) is 0 Å². The Balaban J connectivity index is 1.77. The van der Waals surface area contributed by atoms with Gasteiger partial charge in [0.1, 0.15) is 5.69 Å². The van der Waals surface area contributed by atoms with Crippen molar-refractivity contribution in [1.29, 1.82) is 0 Å². The Kier molecular flexibility index (Phi) is 4.06. The van der Waals surface area contributed by atoms with Crippen molar-refractivity contribution in [2.75, 3.05) is 7.05 Å². The molecule has 2 aromatic heterocycles. The maximum Gasteiger partial charge on any atom is 0.270 e. The number of nitrogens with zero attached hydrogens (tertiary/aromatic N) is 2. The van der Waals surface area contributed by atoms with Gasteiger partial charge >= 0.3 is 0 Å². The monoisotopic (exact) mass is 416 g/mol. The molecule has 0 N–H and O–H groups in total. The smallest absolute Gasteiger partial charge is 0.270 e. The van der Waals surface area contributed by atoms with E-state index in [2.05, 4.69) is 42.5 Å². The molecule has 0 unspecified atom stereocenters. The molecule has 0 atom stereocenters. The third-order valence-corrected chi connectivity index (χ3v) is 5.45. The second-order valence-corrected chi connectivity index (χ2v) is 7.90. The predicted molar refractivity (Wildman–Crippen MR) is 88.2 cm³/mol. The zero-order chi connectivity index (χ0) is 14.3. The zero-order valence-corrected chi connectivity index (χ0v) is 15.0. The van der Waals surface area contributed by atoms with E-state index in [1.165, 1.54) is 17.7 Å². The third-order valence-electron chi connectivity index (χ3n) is 3.34. The van der Waals surface area contributed by atoms with E-state index in [4.69, 9.17) is 0 Å². The molecule has 106 valence electrons. The molecule has 0 radical (unpaired) electrons. The van der Waals surface area contributed by atoms with Gasteiger partial charge in [-0.15, -0.1) is 11.3 Å². The quantitative estimate of drug-likeness (QED) is 0.708. The summed E-state index contributed by atoms with van der Waals surface area (Å²) in [4.78, 5) is 15.6. The van der Waals surface area contributed by atoms with Crippen molar-refractivity contribution in [3.8, 4) is 0 Å². The summed E-state index contributed by atoms with van der Waals surface area (Å²) in [6.45, 7) is 0.641. The number of thiophene rings is 1. The first-order valence-electron chi connectivity index (χ1n) is 6.40. The summed E-state index contributed by atoms with van der Waals surface area (Å²) in [7, 11) is 1.86. The van der Waals surface area contributed by atoms with Crippen molar-refractivity contribution < 1.29 is 4.79 Å². The fourth-order valence-corrected chi connectivity index (χ4v) is 4.15. The van der Waals surface area contributed by atoms with E-state index < -0.39 is 0 Å². The maximum atomic E-state index is 12.6. The zero-order valence-electron chi connectivity index (χ0n) is 11.0. The van der Waals surface area contributed by atoms with E-state index in [1.807, 2.05) is 24.7 Å². The number of halogens is 2. The fourth-order valence-electron chi connectivity index (χ4n) is 2.21. The Labute approximate surface area is 138 Å². The molecule has 3 nitrogen and oxygen atoms in total. The second-order valence-electron chi connectivity index (χ2n) is 5.07. The number of rotatable bonds is 4. The molecule has 1 saturated carbocycles. The Morgan fingerprint density at radius 2 is 2.15 bits per heavy atom. The van der Waals surface area contributed by atoms with Crippen LogP contribution >= 0.6 is 43.2 Å². The van der Waals surface area contributed by atoms with Crippen molar-refractivity contribution in [1.82, 2.24) is 9.47 Å². The molecule has 2 aromatic rings. The van der Waals surface area contributed by atoms with E-state index in [0.717, 1.165) is 14.6 Å². The van der Waals surface area contributed by atoms with E-state index in [-0.39, 0.29) is 5.91 Å². The van der Waals surface area contributed by atoms with Crippen LogP contribution in [0.4, 0.5) is 0 Å². The van der Waals surface area contributed by atoms with Crippen LogP contribution in [0.1, 0.15) is 34.2 Å². The van der Waals surface area contributed by atoms with Gasteiger partial charge < -0.3 is 9.47 Å². The minimum absolute atomic E-state index is 0.0760. The lowest BCUT2D eigenvalue weighted by molar-refractivity contribution is 0.0775. The van der Waals surface area contributed by atoms with Crippen LogP contribution in [0.15, 0.2) is 32.7 Å². The average molecular weight is 418 g/mol. The Morgan fingerprint density at radius 3 is 2.75 bits per heavy atom. The first-order valence-corrected chi connectivity index (χ1v) is 8.87. The van der Waals surface area contributed by atoms with Gasteiger partial charge in [0.05, 0.1) is 6.54 Å². The normalized spacial score (nSPS) is 14.6. The first-order chi connectivity index (χ1) is 9.54. The van der Waals surface area contributed by atoms with Gasteiger partial charge in [-0.1, -0.05) is 0 Å². The highest BCUT2D eigenvalue weighted by atomic mass is 79.9. The molecule has 1 fully saturated rings. The molecule has 0 bridgehead atoms. The lowest BCUT2D eigenvalue weighted by Crippen LogP contribution is -2.27. The second kappa shape index (κ2) is 5.66. The molecule has 1 aliphatic carbocycles. The van der Waals surface area contributed by atoms with Crippen LogP contribution in [0.5, 0.6) is 0 Å². The highest BCUT2D eigenvalue weighted by molar-refractivity contribution is 9.10. The van der Waals surface area contributed by atoms with Crippen molar-refractivity contribution in [3.05, 3.63) is 43.2 Å². The van der Waals surface area contributed by atoms with Crippen molar-refractivity contribution in [2.24, 2.45) is 0 Å². The van der Waals surface area contributed by atoms with Gasteiger partial charge in [-0.3, -0.25) is 4.79 Å². The molecule has 0 saturated heterocycles. The van der Waals surface area contributed by atoms with Crippen LogP contribution < -0.4 is 0 Å². The predicted octanol–water partition coefficient (Wildman–Crippen LogP) is 4.68. The van der Waals surface area contributed by atoms with Gasteiger partial charge in [0, 0.05) is 38.5 Å². The maximum absolute atomic E-state index is 12.6. The molecule has 0 spiro atoms. The summed E-state index contributed by atoms with van der Waals surface area (Å²) in [5.74, 6) is 0.0760. The minimum atomic E-state index is 0.0760. The van der Waals surface area contributed by atoms with Crippen molar-refractivity contribution in [2.45, 2.75) is 25.4 Å². The number of amides is 1. The SMILES string of the molecule is CN(Cc1cc(Br)cs1)C(=O)c1cc(Br)cn1C1CC1.